The summed E-state index contributed by atoms with van der Waals surface area (Å²) in [6, 6.07) is 15.3. The minimum atomic E-state index is -0.517. The lowest BCUT2D eigenvalue weighted by molar-refractivity contribution is -0.384. The molecular weight excluding hydrogens is 282 g/mol. The Hall–Kier alpha value is -3.28. The number of nitrogens with zero attached hydrogens (tertiary/aromatic N) is 3. The number of fused-ring (bicyclic) bond motifs is 4. The molecule has 0 spiro atoms. The monoisotopic (exact) mass is 291 g/mol. The molecule has 4 rings (SSSR count). The van der Waals surface area contributed by atoms with E-state index in [4.69, 9.17) is 0 Å². The molecule has 0 N–H and O–H groups in total. The van der Waals surface area contributed by atoms with E-state index in [9.17, 15) is 14.9 Å². The second-order valence-corrected chi connectivity index (χ2v) is 4.96. The first-order valence-electron chi connectivity index (χ1n) is 6.64. The van der Waals surface area contributed by atoms with Crippen LogP contribution in [0.1, 0.15) is 0 Å². The van der Waals surface area contributed by atoms with Crippen LogP contribution in [-0.2, 0) is 0 Å². The first-order chi connectivity index (χ1) is 10.6. The molecule has 6 nitrogen and oxygen atoms in total. The summed E-state index contributed by atoms with van der Waals surface area (Å²) in [5, 5.41) is 12.1. The van der Waals surface area contributed by atoms with Gasteiger partial charge in [0.05, 0.1) is 21.3 Å². The summed E-state index contributed by atoms with van der Waals surface area (Å²) in [5.74, 6) is 0. The van der Waals surface area contributed by atoms with Crippen molar-refractivity contribution < 1.29 is 4.92 Å². The van der Waals surface area contributed by atoms with Crippen molar-refractivity contribution in [3.8, 4) is 0 Å². The Balaban J connectivity index is 2.25. The highest BCUT2D eigenvalue weighted by Gasteiger charge is 2.12. The highest BCUT2D eigenvalue weighted by atomic mass is 16.6. The second-order valence-electron chi connectivity index (χ2n) is 4.96. The molecule has 0 saturated heterocycles. The van der Waals surface area contributed by atoms with E-state index in [1.54, 1.807) is 6.07 Å². The van der Waals surface area contributed by atoms with Gasteiger partial charge in [-0.3, -0.25) is 19.3 Å². The highest BCUT2D eigenvalue weighted by Crippen LogP contribution is 2.20. The average Bonchev–Trinajstić information content (AvgIpc) is 2.54. The fourth-order valence-electron chi connectivity index (χ4n) is 2.65. The van der Waals surface area contributed by atoms with Crippen LogP contribution in [0.2, 0.25) is 0 Å². The number of pyridine rings is 1. The van der Waals surface area contributed by atoms with Gasteiger partial charge in [-0.05, 0) is 29.7 Å². The Labute approximate surface area is 123 Å². The summed E-state index contributed by atoms with van der Waals surface area (Å²) in [7, 11) is 0. The first kappa shape index (κ1) is 12.5. The van der Waals surface area contributed by atoms with Crippen LogP contribution in [0.3, 0.4) is 0 Å². The number of para-hydroxylation sites is 1. The molecule has 0 atom stereocenters. The summed E-state index contributed by atoms with van der Waals surface area (Å²) < 4.78 is 1.49. The molecule has 106 valence electrons. The molecule has 0 aliphatic rings. The molecule has 0 fully saturated rings. The quantitative estimate of drug-likeness (QED) is 0.234. The van der Waals surface area contributed by atoms with E-state index in [0.29, 0.717) is 11.2 Å². The van der Waals surface area contributed by atoms with Crippen LogP contribution < -0.4 is 5.56 Å². The Morgan fingerprint density at radius 1 is 1.05 bits per heavy atom. The van der Waals surface area contributed by atoms with Crippen LogP contribution >= 0.6 is 0 Å². The number of nitro benzene ring substituents is 1. The van der Waals surface area contributed by atoms with Gasteiger partial charge >= 0.3 is 0 Å². The van der Waals surface area contributed by atoms with Gasteiger partial charge in [-0.1, -0.05) is 18.2 Å². The van der Waals surface area contributed by atoms with Gasteiger partial charge in [-0.25, -0.2) is 4.98 Å². The minimum absolute atomic E-state index is 0.119. The van der Waals surface area contributed by atoms with Gasteiger partial charge in [0.25, 0.3) is 11.2 Å². The average molecular weight is 291 g/mol. The standard InChI is InChI=1S/C16H9N3O3/c20-16-12-9-11(19(21)22)6-7-13(12)17-15-8-5-10-3-1-2-4-14(10)18(15)16/h1-9H. The van der Waals surface area contributed by atoms with Gasteiger partial charge in [0.2, 0.25) is 0 Å². The molecule has 0 amide bonds. The van der Waals surface area contributed by atoms with Crippen LogP contribution in [0.4, 0.5) is 5.69 Å². The van der Waals surface area contributed by atoms with Crippen molar-refractivity contribution >= 4 is 33.1 Å². The Morgan fingerprint density at radius 3 is 2.68 bits per heavy atom. The summed E-state index contributed by atoms with van der Waals surface area (Å²) in [4.78, 5) is 27.6. The SMILES string of the molecule is O=c1c2cc([N+](=O)[O-])ccc2nc2ccc3ccccc3n12. The van der Waals surface area contributed by atoms with Crippen molar-refractivity contribution in [2.75, 3.05) is 0 Å². The number of benzene rings is 2. The maximum atomic E-state index is 12.8. The molecule has 0 radical (unpaired) electrons. The number of hydrogen-bond acceptors (Lipinski definition) is 4. The van der Waals surface area contributed by atoms with Gasteiger partial charge < -0.3 is 0 Å². The Kier molecular flexibility index (Phi) is 2.47. The zero-order chi connectivity index (χ0) is 15.3. The number of non-ortho nitro benzene ring substituents is 1. The summed E-state index contributed by atoms with van der Waals surface area (Å²) in [6.07, 6.45) is 0. The van der Waals surface area contributed by atoms with E-state index in [-0.39, 0.29) is 16.6 Å². The predicted molar refractivity (Wildman–Crippen MR) is 83.1 cm³/mol. The van der Waals surface area contributed by atoms with Crippen LogP contribution in [0.25, 0.3) is 27.5 Å². The van der Waals surface area contributed by atoms with E-state index in [0.717, 1.165) is 10.9 Å². The molecule has 0 bridgehead atoms. The molecule has 0 aliphatic carbocycles. The zero-order valence-corrected chi connectivity index (χ0v) is 11.3. The lowest BCUT2D eigenvalue weighted by atomic mass is 10.2. The Bertz CT molecular complexity index is 1130. The minimum Gasteiger partial charge on any atom is -0.268 e. The normalized spacial score (nSPS) is 11.3. The zero-order valence-electron chi connectivity index (χ0n) is 11.3. The second kappa shape index (κ2) is 4.36. The maximum Gasteiger partial charge on any atom is 0.270 e. The number of aromatic nitrogens is 2. The summed E-state index contributed by atoms with van der Waals surface area (Å²) >= 11 is 0. The number of hydrogen-bond donors (Lipinski definition) is 0. The number of rotatable bonds is 1. The van der Waals surface area contributed by atoms with Crippen LogP contribution in [0.15, 0.2) is 59.4 Å². The molecular formula is C16H9N3O3. The van der Waals surface area contributed by atoms with Crippen LogP contribution in [0, 0.1) is 10.1 Å². The van der Waals surface area contributed by atoms with Gasteiger partial charge in [-0.2, -0.15) is 0 Å². The largest absolute Gasteiger partial charge is 0.270 e. The van der Waals surface area contributed by atoms with Gasteiger partial charge in [-0.15, -0.1) is 0 Å². The van der Waals surface area contributed by atoms with Crippen molar-refractivity contribution in [1.29, 1.82) is 0 Å². The van der Waals surface area contributed by atoms with Crippen molar-refractivity contribution in [2.45, 2.75) is 0 Å². The van der Waals surface area contributed by atoms with E-state index >= 15 is 0 Å². The van der Waals surface area contributed by atoms with Gasteiger partial charge in [0, 0.05) is 12.1 Å². The lowest BCUT2D eigenvalue weighted by Crippen LogP contribution is -2.16. The van der Waals surface area contributed by atoms with Crippen LogP contribution in [0.5, 0.6) is 0 Å². The topological polar surface area (TPSA) is 77.5 Å². The van der Waals surface area contributed by atoms with Crippen LogP contribution in [-0.4, -0.2) is 14.3 Å². The van der Waals surface area contributed by atoms with Crippen molar-refractivity contribution in [1.82, 2.24) is 9.38 Å². The van der Waals surface area contributed by atoms with Crippen molar-refractivity contribution in [2.24, 2.45) is 0 Å². The van der Waals surface area contributed by atoms with Crippen molar-refractivity contribution in [3.63, 3.8) is 0 Å². The maximum absolute atomic E-state index is 12.8. The fraction of sp³-hybridized carbons (Fsp3) is 0. The molecule has 0 aliphatic heterocycles. The van der Waals surface area contributed by atoms with E-state index in [1.165, 1.54) is 22.6 Å². The Morgan fingerprint density at radius 2 is 1.86 bits per heavy atom. The molecule has 2 aromatic carbocycles. The third kappa shape index (κ3) is 1.67. The van der Waals surface area contributed by atoms with E-state index in [2.05, 4.69) is 4.98 Å². The third-order valence-electron chi connectivity index (χ3n) is 3.68. The third-order valence-corrected chi connectivity index (χ3v) is 3.68. The molecule has 22 heavy (non-hydrogen) atoms. The van der Waals surface area contributed by atoms with Crippen molar-refractivity contribution in [3.05, 3.63) is 75.1 Å². The smallest absolute Gasteiger partial charge is 0.268 e. The molecule has 4 aromatic rings. The molecule has 0 saturated carbocycles. The molecule has 0 unspecified atom stereocenters. The first-order valence-corrected chi connectivity index (χ1v) is 6.64. The van der Waals surface area contributed by atoms with E-state index in [1.807, 2.05) is 30.3 Å². The van der Waals surface area contributed by atoms with Gasteiger partial charge in [0.1, 0.15) is 5.65 Å². The highest BCUT2D eigenvalue weighted by molar-refractivity contribution is 5.87. The summed E-state index contributed by atoms with van der Waals surface area (Å²) in [6.45, 7) is 0. The molecule has 2 heterocycles. The molecule has 2 aromatic heterocycles. The lowest BCUT2D eigenvalue weighted by Gasteiger charge is -2.07. The van der Waals surface area contributed by atoms with Gasteiger partial charge in [0.15, 0.2) is 0 Å². The summed E-state index contributed by atoms with van der Waals surface area (Å²) in [5.41, 5.74) is 1.27. The van der Waals surface area contributed by atoms with E-state index < -0.39 is 4.92 Å². The fourth-order valence-corrected chi connectivity index (χ4v) is 2.65. The number of nitro groups is 1. The molecule has 6 heteroatoms. The predicted octanol–water partition coefficient (Wildman–Crippen LogP) is 2.91.